The second-order valence-electron chi connectivity index (χ2n) is 2.90. The summed E-state index contributed by atoms with van der Waals surface area (Å²) in [7, 11) is 5.21. The molecule has 0 spiro atoms. The van der Waals surface area contributed by atoms with Crippen molar-refractivity contribution in [1.29, 1.82) is 0 Å². The highest BCUT2D eigenvalue weighted by molar-refractivity contribution is 6.52. The molecule has 0 aliphatic carbocycles. The van der Waals surface area contributed by atoms with Crippen molar-refractivity contribution in [2.45, 2.75) is 20.8 Å². The Kier molecular flexibility index (Phi) is 2.62. The summed E-state index contributed by atoms with van der Waals surface area (Å²) >= 11 is 5.40. The quantitative estimate of drug-likeness (QED) is 0.439. The van der Waals surface area contributed by atoms with Gasteiger partial charge >= 0.3 is 0 Å². The van der Waals surface area contributed by atoms with Gasteiger partial charge < -0.3 is 0 Å². The molecule has 0 aromatic carbocycles. The molecular formula is C6H10BCl. The zero-order valence-electron chi connectivity index (χ0n) is 5.53. The summed E-state index contributed by atoms with van der Waals surface area (Å²) in [5.41, 5.74) is 0.103. The summed E-state index contributed by atoms with van der Waals surface area (Å²) in [6.45, 7) is 6.13. The van der Waals surface area contributed by atoms with E-state index < -0.39 is 0 Å². The highest BCUT2D eigenvalue weighted by Crippen LogP contribution is 2.17. The largest absolute Gasteiger partial charge is 0.130 e. The molecule has 0 heterocycles. The molecule has 0 fully saturated rings. The fraction of sp³-hybridized carbons (Fsp3) is 0.667. The van der Waals surface area contributed by atoms with E-state index in [2.05, 4.69) is 0 Å². The molecule has 0 saturated heterocycles. The summed E-state index contributed by atoms with van der Waals surface area (Å²) in [5, 5.41) is 0. The van der Waals surface area contributed by atoms with Crippen LogP contribution in [0.25, 0.3) is 0 Å². The van der Waals surface area contributed by atoms with Crippen molar-refractivity contribution >= 4 is 19.4 Å². The number of hydrogen-bond donors (Lipinski definition) is 0. The molecule has 2 heteroatoms. The van der Waals surface area contributed by atoms with Crippen LogP contribution in [0.1, 0.15) is 20.8 Å². The molecular weight excluding hydrogens is 118 g/mol. The Hall–Kier alpha value is 0.0949. The second-order valence-corrected chi connectivity index (χ2v) is 3.33. The van der Waals surface area contributed by atoms with Gasteiger partial charge in [-0.05, 0) is 10.3 Å². The summed E-state index contributed by atoms with van der Waals surface area (Å²) in [5.74, 6) is 0. The van der Waals surface area contributed by atoms with E-state index in [9.17, 15) is 0 Å². The molecule has 0 atom stereocenters. The average Bonchev–Trinajstić information content (AvgIpc) is 1.21. The molecule has 2 radical (unpaired) electrons. The highest BCUT2D eigenvalue weighted by atomic mass is 35.5. The Morgan fingerprint density at radius 3 is 1.88 bits per heavy atom. The van der Waals surface area contributed by atoms with Crippen LogP contribution >= 0.6 is 11.6 Å². The molecule has 0 nitrogen and oxygen atoms in total. The number of hydrogen-bond acceptors (Lipinski definition) is 0. The minimum Gasteiger partial charge on any atom is -0.102 e. The van der Waals surface area contributed by atoms with Crippen LogP contribution in [0.15, 0.2) is 11.0 Å². The van der Waals surface area contributed by atoms with E-state index in [0.717, 1.165) is 0 Å². The van der Waals surface area contributed by atoms with Crippen molar-refractivity contribution in [1.82, 2.24) is 0 Å². The third-order valence-electron chi connectivity index (χ3n) is 0.571. The van der Waals surface area contributed by atoms with E-state index in [0.29, 0.717) is 4.93 Å². The van der Waals surface area contributed by atoms with Gasteiger partial charge in [0.15, 0.2) is 0 Å². The maximum absolute atomic E-state index is 5.40. The average molecular weight is 128 g/mol. The minimum atomic E-state index is 0.103. The van der Waals surface area contributed by atoms with Gasteiger partial charge in [-0.3, -0.25) is 0 Å². The van der Waals surface area contributed by atoms with Gasteiger partial charge in [-0.2, -0.15) is 0 Å². The van der Waals surface area contributed by atoms with E-state index in [1.165, 1.54) is 0 Å². The van der Waals surface area contributed by atoms with Crippen LogP contribution in [0, 0.1) is 5.41 Å². The molecule has 0 unspecified atom stereocenters. The predicted octanol–water partition coefficient (Wildman–Crippen LogP) is 2.28. The van der Waals surface area contributed by atoms with Gasteiger partial charge in [0.2, 0.25) is 0 Å². The predicted molar refractivity (Wildman–Crippen MR) is 39.1 cm³/mol. The lowest BCUT2D eigenvalue weighted by Gasteiger charge is -2.11. The molecule has 0 N–H and O–H groups in total. The molecule has 0 aromatic rings. The van der Waals surface area contributed by atoms with Crippen LogP contribution in [-0.2, 0) is 0 Å². The first kappa shape index (κ1) is 8.09. The summed E-state index contributed by atoms with van der Waals surface area (Å²) < 4.78 is 0. The van der Waals surface area contributed by atoms with Crippen molar-refractivity contribution in [3.05, 3.63) is 11.0 Å². The molecule has 0 aromatic heterocycles. The number of rotatable bonds is 0. The van der Waals surface area contributed by atoms with Crippen molar-refractivity contribution in [2.24, 2.45) is 5.41 Å². The molecule has 0 bridgehead atoms. The number of allylic oxidation sites excluding steroid dienone is 1. The topological polar surface area (TPSA) is 0 Å². The monoisotopic (exact) mass is 128 g/mol. The summed E-state index contributed by atoms with van der Waals surface area (Å²) in [6, 6.07) is 0. The van der Waals surface area contributed by atoms with Crippen molar-refractivity contribution < 1.29 is 0 Å². The van der Waals surface area contributed by atoms with Gasteiger partial charge in [-0.1, -0.05) is 26.8 Å². The maximum atomic E-state index is 5.40. The standard InChI is InChI=1S/C6H10BCl/c1-6(2,3)4-5(7)8/h4H,1-3H3/b5-4-. The van der Waals surface area contributed by atoms with Gasteiger partial charge in [-0.25, -0.2) is 0 Å². The highest BCUT2D eigenvalue weighted by Gasteiger charge is 2.03. The van der Waals surface area contributed by atoms with E-state index in [-0.39, 0.29) is 5.41 Å². The van der Waals surface area contributed by atoms with Crippen molar-refractivity contribution in [3.63, 3.8) is 0 Å². The molecule has 44 valence electrons. The van der Waals surface area contributed by atoms with E-state index in [4.69, 9.17) is 19.4 Å². The Morgan fingerprint density at radius 1 is 1.50 bits per heavy atom. The Morgan fingerprint density at radius 2 is 1.88 bits per heavy atom. The Balaban J connectivity index is 3.89. The van der Waals surface area contributed by atoms with Crippen LogP contribution in [0.4, 0.5) is 0 Å². The maximum Gasteiger partial charge on any atom is 0.130 e. The fourth-order valence-corrected chi connectivity index (χ4v) is 0.741. The zero-order chi connectivity index (χ0) is 6.78. The minimum absolute atomic E-state index is 0.103. The molecule has 0 saturated carbocycles. The lowest BCUT2D eigenvalue weighted by Crippen LogP contribution is -1.99. The smallest absolute Gasteiger partial charge is 0.102 e. The number of halogens is 1. The fourth-order valence-electron chi connectivity index (χ4n) is 0.414. The molecule has 0 amide bonds. The van der Waals surface area contributed by atoms with Crippen LogP contribution in [0.3, 0.4) is 0 Å². The third-order valence-corrected chi connectivity index (χ3v) is 0.680. The lowest BCUT2D eigenvalue weighted by atomic mass is 9.93. The first-order valence-electron chi connectivity index (χ1n) is 2.56. The molecule has 0 rings (SSSR count). The van der Waals surface area contributed by atoms with Gasteiger partial charge in [0.1, 0.15) is 7.85 Å². The first-order valence-corrected chi connectivity index (χ1v) is 2.93. The molecule has 0 aliphatic rings. The van der Waals surface area contributed by atoms with E-state index in [1.807, 2.05) is 26.8 Å². The third kappa shape index (κ3) is 6.09. The normalized spacial score (nSPS) is 14.2. The SMILES string of the molecule is [B]/C(Cl)=C/C(C)(C)C. The van der Waals surface area contributed by atoms with Gasteiger partial charge in [0.05, 0.1) is 0 Å². The van der Waals surface area contributed by atoms with Crippen molar-refractivity contribution in [3.8, 4) is 0 Å². The second kappa shape index (κ2) is 2.59. The first-order chi connectivity index (χ1) is 3.42. The molecule has 8 heavy (non-hydrogen) atoms. The van der Waals surface area contributed by atoms with E-state index >= 15 is 0 Å². The van der Waals surface area contributed by atoms with Crippen molar-refractivity contribution in [2.75, 3.05) is 0 Å². The van der Waals surface area contributed by atoms with Gasteiger partial charge in [-0.15, -0.1) is 11.6 Å². The van der Waals surface area contributed by atoms with Crippen LogP contribution in [0.5, 0.6) is 0 Å². The Bertz CT molecular complexity index is 95.6. The van der Waals surface area contributed by atoms with Crippen LogP contribution in [0.2, 0.25) is 0 Å². The van der Waals surface area contributed by atoms with Crippen LogP contribution < -0.4 is 0 Å². The lowest BCUT2D eigenvalue weighted by molar-refractivity contribution is 0.544. The Labute approximate surface area is 57.3 Å². The van der Waals surface area contributed by atoms with Crippen LogP contribution in [-0.4, -0.2) is 7.85 Å². The zero-order valence-corrected chi connectivity index (χ0v) is 6.29. The van der Waals surface area contributed by atoms with Gasteiger partial charge in [0, 0.05) is 0 Å². The summed E-state index contributed by atoms with van der Waals surface area (Å²) in [4.78, 5) is 0.373. The van der Waals surface area contributed by atoms with Gasteiger partial charge in [0.25, 0.3) is 0 Å². The van der Waals surface area contributed by atoms with E-state index in [1.54, 1.807) is 0 Å². The summed E-state index contributed by atoms with van der Waals surface area (Å²) in [6.07, 6.45) is 1.81. The molecule has 0 aliphatic heterocycles.